The maximum absolute atomic E-state index is 12.1. The first-order valence-corrected chi connectivity index (χ1v) is 6.20. The molecule has 2 fully saturated rings. The Morgan fingerprint density at radius 1 is 1.25 bits per heavy atom. The summed E-state index contributed by atoms with van der Waals surface area (Å²) in [5.41, 5.74) is 0.733. The Hall–Kier alpha value is -0.730. The molecule has 3 heteroatoms. The van der Waals surface area contributed by atoms with Crippen LogP contribution in [0.1, 0.15) is 40.0 Å². The molecule has 0 unspecified atom stereocenters. The zero-order valence-electron chi connectivity index (χ0n) is 11.2. The molecule has 2 rings (SSSR count). The Kier molecular flexibility index (Phi) is 2.48. The minimum atomic E-state index is 0.187. The topological polar surface area (TPSA) is 23.6 Å². The van der Waals surface area contributed by atoms with Gasteiger partial charge in [-0.1, -0.05) is 20.8 Å². The number of fused-ring (bicyclic) bond motifs is 2. The zero-order chi connectivity index (χ0) is 12.1. The van der Waals surface area contributed by atoms with E-state index in [9.17, 15) is 4.79 Å². The smallest absolute Gasteiger partial charge is 0.319 e. The fourth-order valence-electron chi connectivity index (χ4n) is 3.94. The van der Waals surface area contributed by atoms with Crippen LogP contribution in [0.3, 0.4) is 0 Å². The highest BCUT2D eigenvalue weighted by molar-refractivity contribution is 5.74. The minimum absolute atomic E-state index is 0.187. The largest absolute Gasteiger partial charge is 0.331 e. The molecule has 2 bridgehead atoms. The van der Waals surface area contributed by atoms with Crippen molar-refractivity contribution in [2.24, 2.45) is 10.8 Å². The number of carbonyl (C=O) groups excluding carboxylic acids is 1. The van der Waals surface area contributed by atoms with Crippen LogP contribution in [0.15, 0.2) is 0 Å². The van der Waals surface area contributed by atoms with Gasteiger partial charge >= 0.3 is 6.03 Å². The fourth-order valence-corrected chi connectivity index (χ4v) is 3.94. The van der Waals surface area contributed by atoms with Gasteiger partial charge in [0.2, 0.25) is 0 Å². The molecule has 1 aliphatic carbocycles. The highest BCUT2D eigenvalue weighted by Crippen LogP contribution is 2.52. The molecular weight excluding hydrogens is 200 g/mol. The number of likely N-dealkylation sites (tertiary alicyclic amines) is 1. The Bertz CT molecular complexity index is 311. The first kappa shape index (κ1) is 11.7. The molecule has 0 radical (unpaired) electrons. The summed E-state index contributed by atoms with van der Waals surface area (Å²) >= 11 is 0. The van der Waals surface area contributed by atoms with Gasteiger partial charge in [-0.2, -0.15) is 0 Å². The van der Waals surface area contributed by atoms with Gasteiger partial charge in [-0.25, -0.2) is 4.79 Å². The lowest BCUT2D eigenvalue weighted by Crippen LogP contribution is -2.43. The molecule has 2 atom stereocenters. The molecular formula is C13H24N2O. The lowest BCUT2D eigenvalue weighted by molar-refractivity contribution is 0.125. The molecule has 2 amide bonds. The van der Waals surface area contributed by atoms with Crippen molar-refractivity contribution < 1.29 is 4.79 Å². The van der Waals surface area contributed by atoms with Crippen molar-refractivity contribution in [1.82, 2.24) is 9.80 Å². The minimum Gasteiger partial charge on any atom is -0.331 e. The van der Waals surface area contributed by atoms with Gasteiger partial charge in [0.05, 0.1) is 0 Å². The molecule has 92 valence electrons. The Morgan fingerprint density at radius 2 is 1.88 bits per heavy atom. The summed E-state index contributed by atoms with van der Waals surface area (Å²) < 4.78 is 0. The zero-order valence-corrected chi connectivity index (χ0v) is 11.2. The van der Waals surface area contributed by atoms with E-state index in [2.05, 4.69) is 25.7 Å². The summed E-state index contributed by atoms with van der Waals surface area (Å²) in [6, 6.07) is 0.648. The number of urea groups is 1. The number of hydrogen-bond donors (Lipinski definition) is 0. The molecule has 3 nitrogen and oxygen atoms in total. The van der Waals surface area contributed by atoms with Crippen molar-refractivity contribution in [3.8, 4) is 0 Å². The van der Waals surface area contributed by atoms with E-state index >= 15 is 0 Å². The van der Waals surface area contributed by atoms with E-state index in [1.807, 2.05) is 14.1 Å². The van der Waals surface area contributed by atoms with Crippen LogP contribution in [0.25, 0.3) is 0 Å². The van der Waals surface area contributed by atoms with Crippen molar-refractivity contribution in [3.63, 3.8) is 0 Å². The molecule has 1 aliphatic heterocycles. The molecule has 1 heterocycles. The summed E-state index contributed by atoms with van der Waals surface area (Å²) in [4.78, 5) is 15.9. The maximum Gasteiger partial charge on any atom is 0.319 e. The molecule has 1 saturated carbocycles. The van der Waals surface area contributed by atoms with Gasteiger partial charge in [0.15, 0.2) is 0 Å². The van der Waals surface area contributed by atoms with Crippen LogP contribution in [0, 0.1) is 10.8 Å². The summed E-state index contributed by atoms with van der Waals surface area (Å²) in [7, 11) is 3.69. The van der Waals surface area contributed by atoms with Crippen LogP contribution >= 0.6 is 0 Å². The number of hydrogen-bond acceptors (Lipinski definition) is 1. The van der Waals surface area contributed by atoms with Crippen LogP contribution < -0.4 is 0 Å². The maximum atomic E-state index is 12.1. The molecule has 0 N–H and O–H groups in total. The van der Waals surface area contributed by atoms with Crippen LogP contribution in [0.5, 0.6) is 0 Å². The van der Waals surface area contributed by atoms with Crippen molar-refractivity contribution in [1.29, 1.82) is 0 Å². The average molecular weight is 224 g/mol. The Balaban J connectivity index is 2.19. The predicted molar refractivity (Wildman–Crippen MR) is 65.3 cm³/mol. The summed E-state index contributed by atoms with van der Waals surface area (Å²) in [5, 5.41) is 0. The van der Waals surface area contributed by atoms with E-state index in [0.717, 1.165) is 13.0 Å². The normalized spacial score (nSPS) is 36.3. The molecule has 0 aromatic carbocycles. The van der Waals surface area contributed by atoms with Crippen molar-refractivity contribution in [2.45, 2.75) is 46.1 Å². The second kappa shape index (κ2) is 3.38. The standard InChI is InChI=1S/C13H24N2O/c1-12(2)6-10-7-13(3,8-12)9-15(10)11(16)14(4)5/h10H,6-9H2,1-5H3/t10-,13-/m0/s1. The van der Waals surface area contributed by atoms with E-state index < -0.39 is 0 Å². The monoisotopic (exact) mass is 224 g/mol. The average Bonchev–Trinajstić information content (AvgIpc) is 2.33. The first-order chi connectivity index (χ1) is 7.22. The van der Waals surface area contributed by atoms with Gasteiger partial charge in [-0.05, 0) is 30.1 Å². The quantitative estimate of drug-likeness (QED) is 0.620. The van der Waals surface area contributed by atoms with Crippen LogP contribution in [0.4, 0.5) is 4.79 Å². The van der Waals surface area contributed by atoms with Crippen LogP contribution in [-0.2, 0) is 0 Å². The van der Waals surface area contributed by atoms with E-state index in [1.165, 1.54) is 12.8 Å². The second-order valence-corrected chi connectivity index (χ2v) is 7.02. The number of amides is 2. The third-order valence-corrected chi connectivity index (χ3v) is 4.04. The first-order valence-electron chi connectivity index (χ1n) is 6.20. The summed E-state index contributed by atoms with van der Waals surface area (Å²) in [6.07, 6.45) is 3.59. The number of carbonyl (C=O) groups is 1. The highest BCUT2D eigenvalue weighted by Gasteiger charge is 2.51. The van der Waals surface area contributed by atoms with Crippen molar-refractivity contribution in [2.75, 3.05) is 20.6 Å². The summed E-state index contributed by atoms with van der Waals surface area (Å²) in [6.45, 7) is 7.95. The third-order valence-electron chi connectivity index (χ3n) is 4.04. The van der Waals surface area contributed by atoms with Crippen LogP contribution in [-0.4, -0.2) is 42.5 Å². The lowest BCUT2D eigenvalue weighted by atomic mass is 9.65. The molecule has 0 aromatic rings. The number of rotatable bonds is 0. The lowest BCUT2D eigenvalue weighted by Gasteiger charge is -2.39. The molecule has 0 spiro atoms. The fraction of sp³-hybridized carbons (Fsp3) is 0.923. The number of nitrogens with zero attached hydrogens (tertiary/aromatic N) is 2. The van der Waals surface area contributed by atoms with Crippen molar-refractivity contribution in [3.05, 3.63) is 0 Å². The van der Waals surface area contributed by atoms with Gasteiger partial charge in [0, 0.05) is 26.7 Å². The van der Waals surface area contributed by atoms with Gasteiger partial charge < -0.3 is 9.80 Å². The van der Waals surface area contributed by atoms with E-state index in [4.69, 9.17) is 0 Å². The van der Waals surface area contributed by atoms with Gasteiger partial charge in [0.1, 0.15) is 0 Å². The second-order valence-electron chi connectivity index (χ2n) is 7.02. The molecule has 2 aliphatic rings. The highest BCUT2D eigenvalue weighted by atomic mass is 16.2. The SMILES string of the molecule is CN(C)C(=O)N1C[C@@]2(C)C[C@@H]1CC(C)(C)C2. The Labute approximate surface area is 98.8 Å². The molecule has 16 heavy (non-hydrogen) atoms. The van der Waals surface area contributed by atoms with E-state index in [-0.39, 0.29) is 6.03 Å². The third kappa shape index (κ3) is 1.92. The molecule has 0 aromatic heterocycles. The van der Waals surface area contributed by atoms with Crippen molar-refractivity contribution >= 4 is 6.03 Å². The predicted octanol–water partition coefficient (Wildman–Crippen LogP) is 2.57. The van der Waals surface area contributed by atoms with Gasteiger partial charge in [0.25, 0.3) is 0 Å². The van der Waals surface area contributed by atoms with Crippen LogP contribution in [0.2, 0.25) is 0 Å². The Morgan fingerprint density at radius 3 is 2.44 bits per heavy atom. The summed E-state index contributed by atoms with van der Waals surface area (Å²) in [5.74, 6) is 0. The van der Waals surface area contributed by atoms with Gasteiger partial charge in [-0.15, -0.1) is 0 Å². The van der Waals surface area contributed by atoms with E-state index in [0.29, 0.717) is 16.9 Å². The van der Waals surface area contributed by atoms with Gasteiger partial charge in [-0.3, -0.25) is 0 Å². The molecule has 1 saturated heterocycles. The van der Waals surface area contributed by atoms with E-state index in [1.54, 1.807) is 4.90 Å².